The molecule has 0 saturated carbocycles. The average molecular weight is 271 g/mol. The van der Waals surface area contributed by atoms with Crippen LogP contribution in [0.3, 0.4) is 0 Å². The molecule has 1 heterocycles. The van der Waals surface area contributed by atoms with Crippen LogP contribution in [0, 0.1) is 6.92 Å². The highest BCUT2D eigenvalue weighted by atomic mass is 15.1. The van der Waals surface area contributed by atoms with Gasteiger partial charge in [-0.25, -0.2) is 4.98 Å². The summed E-state index contributed by atoms with van der Waals surface area (Å²) in [6, 6.07) is 9.18. The van der Waals surface area contributed by atoms with E-state index in [4.69, 9.17) is 0 Å². The van der Waals surface area contributed by atoms with Crippen LogP contribution in [0.2, 0.25) is 0 Å². The molecule has 108 valence electrons. The molecule has 0 radical (unpaired) electrons. The lowest BCUT2D eigenvalue weighted by atomic mass is 10.0. The van der Waals surface area contributed by atoms with Gasteiger partial charge in [0, 0.05) is 31.4 Å². The molecule has 1 aromatic heterocycles. The van der Waals surface area contributed by atoms with Crippen molar-refractivity contribution >= 4 is 0 Å². The van der Waals surface area contributed by atoms with Gasteiger partial charge in [-0.3, -0.25) is 0 Å². The second-order valence-corrected chi connectivity index (χ2v) is 5.42. The standard InChI is InChI=1S/C17H25N3/c1-4-9-20-10-8-19-17(20)13-16(18-3)12-15-7-5-6-14(2)11-15/h5-8,10-11,16,18H,4,9,12-13H2,1-3H3. The molecule has 3 heteroatoms. The van der Waals surface area contributed by atoms with Crippen molar-refractivity contribution in [1.29, 1.82) is 0 Å². The van der Waals surface area contributed by atoms with Crippen LogP contribution in [0.25, 0.3) is 0 Å². The van der Waals surface area contributed by atoms with Crippen molar-refractivity contribution in [2.45, 2.75) is 45.7 Å². The first-order chi connectivity index (χ1) is 9.72. The zero-order valence-corrected chi connectivity index (χ0v) is 12.8. The second kappa shape index (κ2) is 7.25. The Kier molecular flexibility index (Phi) is 5.36. The highest BCUT2D eigenvalue weighted by molar-refractivity contribution is 5.23. The van der Waals surface area contributed by atoms with Crippen molar-refractivity contribution in [2.75, 3.05) is 7.05 Å². The lowest BCUT2D eigenvalue weighted by molar-refractivity contribution is 0.520. The van der Waals surface area contributed by atoms with Gasteiger partial charge >= 0.3 is 0 Å². The Morgan fingerprint density at radius 2 is 2.15 bits per heavy atom. The van der Waals surface area contributed by atoms with Gasteiger partial charge in [0.2, 0.25) is 0 Å². The number of hydrogen-bond donors (Lipinski definition) is 1. The van der Waals surface area contributed by atoms with Crippen molar-refractivity contribution in [3.8, 4) is 0 Å². The molecule has 3 nitrogen and oxygen atoms in total. The summed E-state index contributed by atoms with van der Waals surface area (Å²) in [7, 11) is 2.04. The number of rotatable bonds is 7. The van der Waals surface area contributed by atoms with Crippen LogP contribution in [0.4, 0.5) is 0 Å². The molecule has 0 bridgehead atoms. The third-order valence-electron chi connectivity index (χ3n) is 3.67. The Labute approximate surface area is 122 Å². The van der Waals surface area contributed by atoms with Crippen LogP contribution in [0.1, 0.15) is 30.3 Å². The third-order valence-corrected chi connectivity index (χ3v) is 3.67. The second-order valence-electron chi connectivity index (χ2n) is 5.42. The largest absolute Gasteiger partial charge is 0.335 e. The molecule has 1 atom stereocenters. The van der Waals surface area contributed by atoms with Gasteiger partial charge in [0.15, 0.2) is 0 Å². The van der Waals surface area contributed by atoms with E-state index in [2.05, 4.69) is 59.2 Å². The summed E-state index contributed by atoms with van der Waals surface area (Å²) in [5, 5.41) is 3.42. The third kappa shape index (κ3) is 3.94. The van der Waals surface area contributed by atoms with E-state index in [-0.39, 0.29) is 0 Å². The van der Waals surface area contributed by atoms with E-state index in [0.29, 0.717) is 6.04 Å². The van der Waals surface area contributed by atoms with Crippen molar-refractivity contribution in [3.63, 3.8) is 0 Å². The number of likely N-dealkylation sites (N-methyl/N-ethyl adjacent to an activating group) is 1. The van der Waals surface area contributed by atoms with Crippen LogP contribution >= 0.6 is 0 Å². The first-order valence-electron chi connectivity index (χ1n) is 7.45. The van der Waals surface area contributed by atoms with Crippen LogP contribution in [0.5, 0.6) is 0 Å². The van der Waals surface area contributed by atoms with Gasteiger partial charge in [0.25, 0.3) is 0 Å². The number of nitrogens with zero attached hydrogens (tertiary/aromatic N) is 2. The summed E-state index contributed by atoms with van der Waals surface area (Å²) >= 11 is 0. The lowest BCUT2D eigenvalue weighted by Gasteiger charge is -2.17. The van der Waals surface area contributed by atoms with Crippen molar-refractivity contribution in [2.24, 2.45) is 0 Å². The minimum atomic E-state index is 0.426. The maximum absolute atomic E-state index is 4.50. The lowest BCUT2D eigenvalue weighted by Crippen LogP contribution is -2.31. The molecule has 0 spiro atoms. The van der Waals surface area contributed by atoms with Crippen LogP contribution in [0.15, 0.2) is 36.7 Å². The zero-order chi connectivity index (χ0) is 14.4. The van der Waals surface area contributed by atoms with E-state index in [9.17, 15) is 0 Å². The molecule has 1 N–H and O–H groups in total. The monoisotopic (exact) mass is 271 g/mol. The van der Waals surface area contributed by atoms with Gasteiger partial charge in [-0.15, -0.1) is 0 Å². The van der Waals surface area contributed by atoms with Gasteiger partial charge < -0.3 is 9.88 Å². The minimum absolute atomic E-state index is 0.426. The number of imidazole rings is 1. The SMILES string of the molecule is CCCn1ccnc1CC(Cc1cccc(C)c1)NC. The number of nitrogens with one attached hydrogen (secondary N) is 1. The molecule has 0 aliphatic heterocycles. The smallest absolute Gasteiger partial charge is 0.110 e. The summed E-state index contributed by atoms with van der Waals surface area (Å²) < 4.78 is 2.26. The Hall–Kier alpha value is -1.61. The number of benzene rings is 1. The number of hydrogen-bond acceptors (Lipinski definition) is 2. The molecule has 2 rings (SSSR count). The molecule has 2 aromatic rings. The van der Waals surface area contributed by atoms with Gasteiger partial charge in [-0.1, -0.05) is 36.8 Å². The van der Waals surface area contributed by atoms with Gasteiger partial charge in [0.05, 0.1) is 0 Å². The maximum atomic E-state index is 4.50. The Balaban J connectivity index is 2.03. The molecule has 0 fully saturated rings. The van der Waals surface area contributed by atoms with Gasteiger partial charge in [-0.05, 0) is 32.4 Å². The predicted octanol–water partition coefficient (Wildman–Crippen LogP) is 2.97. The Morgan fingerprint density at radius 1 is 1.30 bits per heavy atom. The number of aryl methyl sites for hydroxylation is 2. The van der Waals surface area contributed by atoms with Crippen LogP contribution in [-0.2, 0) is 19.4 Å². The molecule has 0 saturated heterocycles. The van der Waals surface area contributed by atoms with Gasteiger partial charge in [-0.2, -0.15) is 0 Å². The molecule has 20 heavy (non-hydrogen) atoms. The normalized spacial score (nSPS) is 12.6. The summed E-state index contributed by atoms with van der Waals surface area (Å²) in [4.78, 5) is 4.50. The van der Waals surface area contributed by atoms with Crippen LogP contribution in [-0.4, -0.2) is 22.6 Å². The van der Waals surface area contributed by atoms with Crippen molar-refractivity contribution < 1.29 is 0 Å². The zero-order valence-electron chi connectivity index (χ0n) is 12.8. The molecular weight excluding hydrogens is 246 g/mol. The van der Waals surface area contributed by atoms with E-state index >= 15 is 0 Å². The highest BCUT2D eigenvalue weighted by Crippen LogP contribution is 2.10. The fraction of sp³-hybridized carbons (Fsp3) is 0.471. The molecule has 0 aliphatic carbocycles. The topological polar surface area (TPSA) is 29.9 Å². The van der Waals surface area contributed by atoms with E-state index in [0.717, 1.165) is 25.8 Å². The Bertz CT molecular complexity index is 531. The van der Waals surface area contributed by atoms with E-state index < -0.39 is 0 Å². The molecule has 1 aromatic carbocycles. The average Bonchev–Trinajstić information content (AvgIpc) is 2.86. The summed E-state index contributed by atoms with van der Waals surface area (Å²) in [6.45, 7) is 5.40. The summed E-state index contributed by atoms with van der Waals surface area (Å²) in [5.74, 6) is 1.18. The first kappa shape index (κ1) is 14.8. The fourth-order valence-electron chi connectivity index (χ4n) is 2.59. The quantitative estimate of drug-likeness (QED) is 0.839. The molecular formula is C17H25N3. The molecule has 1 unspecified atom stereocenters. The number of aromatic nitrogens is 2. The van der Waals surface area contributed by atoms with Gasteiger partial charge in [0.1, 0.15) is 5.82 Å². The fourth-order valence-corrected chi connectivity index (χ4v) is 2.59. The van der Waals surface area contributed by atoms with Crippen LogP contribution < -0.4 is 5.32 Å². The first-order valence-corrected chi connectivity index (χ1v) is 7.45. The maximum Gasteiger partial charge on any atom is 0.110 e. The minimum Gasteiger partial charge on any atom is -0.335 e. The highest BCUT2D eigenvalue weighted by Gasteiger charge is 2.12. The van der Waals surface area contributed by atoms with E-state index in [1.54, 1.807) is 0 Å². The molecule has 0 amide bonds. The van der Waals surface area contributed by atoms with Crippen molar-refractivity contribution in [3.05, 3.63) is 53.6 Å². The predicted molar refractivity (Wildman–Crippen MR) is 84.0 cm³/mol. The molecule has 0 aliphatic rings. The van der Waals surface area contributed by atoms with Crippen molar-refractivity contribution in [1.82, 2.24) is 14.9 Å². The van der Waals surface area contributed by atoms with E-state index in [1.165, 1.54) is 17.0 Å². The van der Waals surface area contributed by atoms with E-state index in [1.807, 2.05) is 13.2 Å². The summed E-state index contributed by atoms with van der Waals surface area (Å²) in [6.07, 6.45) is 7.14. The Morgan fingerprint density at radius 3 is 2.85 bits per heavy atom. The summed E-state index contributed by atoms with van der Waals surface area (Å²) in [5.41, 5.74) is 2.71.